The lowest BCUT2D eigenvalue weighted by molar-refractivity contribution is 0.614. The zero-order valence-electron chi connectivity index (χ0n) is 23.4. The summed E-state index contributed by atoms with van der Waals surface area (Å²) in [6, 6.07) is 6.69. The molecule has 1 nitrogen and oxygen atoms in total. The van der Waals surface area contributed by atoms with Crippen molar-refractivity contribution in [1.29, 1.82) is 0 Å². The van der Waals surface area contributed by atoms with E-state index in [1.165, 1.54) is 89.0 Å². The fourth-order valence-corrected chi connectivity index (χ4v) is 7.35. The molecule has 182 valence electrons. The highest BCUT2D eigenvalue weighted by Crippen LogP contribution is 2.58. The van der Waals surface area contributed by atoms with E-state index < -0.39 is 0 Å². The maximum absolute atomic E-state index is 6.08. The summed E-state index contributed by atoms with van der Waals surface area (Å²) >= 11 is 0. The second-order valence-electron chi connectivity index (χ2n) is 11.3. The maximum Gasteiger partial charge on any atom is 0.141 e. The van der Waals surface area contributed by atoms with Crippen LogP contribution in [0.4, 0.5) is 0 Å². The first-order valence-electron chi connectivity index (χ1n) is 13.1. The van der Waals surface area contributed by atoms with Crippen molar-refractivity contribution < 1.29 is 4.42 Å². The van der Waals surface area contributed by atoms with Gasteiger partial charge in [0.05, 0.1) is 11.7 Å². The standard InChI is InChI=1S/C35H36O/c1-17-19(3)25(9)32-30(21(17)5)23(7)24(8)31-22(6)18(2)20(4)26(10)33(31)35(32)15-13-28-29(35)12-11-27-14-16-36-34(27)28/h11-16H,1-10H3. The van der Waals surface area contributed by atoms with Gasteiger partial charge in [-0.3, -0.25) is 0 Å². The fraction of sp³-hybridized carbons (Fsp3) is 0.314. The van der Waals surface area contributed by atoms with Gasteiger partial charge in [0, 0.05) is 10.9 Å². The number of hydrogen-bond donors (Lipinski definition) is 0. The van der Waals surface area contributed by atoms with Crippen LogP contribution in [0.3, 0.4) is 0 Å². The second kappa shape index (κ2) is 7.35. The van der Waals surface area contributed by atoms with Crippen LogP contribution >= 0.6 is 0 Å². The number of furan rings is 1. The van der Waals surface area contributed by atoms with Crippen LogP contribution in [0.15, 0.2) is 35.0 Å². The Balaban J connectivity index is 1.95. The monoisotopic (exact) mass is 472 g/mol. The van der Waals surface area contributed by atoms with Gasteiger partial charge < -0.3 is 4.42 Å². The van der Waals surface area contributed by atoms with Gasteiger partial charge in [0.15, 0.2) is 0 Å². The van der Waals surface area contributed by atoms with Crippen molar-refractivity contribution in [2.75, 3.05) is 0 Å². The van der Waals surface area contributed by atoms with Gasteiger partial charge >= 0.3 is 0 Å². The number of hydrogen-bond acceptors (Lipinski definition) is 1. The van der Waals surface area contributed by atoms with Gasteiger partial charge in [-0.05, 0) is 159 Å². The minimum absolute atomic E-state index is 0.374. The Morgan fingerprint density at radius 1 is 0.556 bits per heavy atom. The maximum atomic E-state index is 6.08. The average Bonchev–Trinajstić information content (AvgIpc) is 3.48. The summed E-state index contributed by atoms with van der Waals surface area (Å²) in [4.78, 5) is 0. The van der Waals surface area contributed by atoms with Crippen LogP contribution in [0.1, 0.15) is 91.7 Å². The minimum Gasteiger partial charge on any atom is -0.464 e. The minimum atomic E-state index is -0.374. The summed E-state index contributed by atoms with van der Waals surface area (Å²) in [7, 11) is 0. The van der Waals surface area contributed by atoms with Gasteiger partial charge in [-0.1, -0.05) is 24.3 Å². The third-order valence-electron chi connectivity index (χ3n) is 10.1. The van der Waals surface area contributed by atoms with Gasteiger partial charge in [0.2, 0.25) is 0 Å². The van der Waals surface area contributed by atoms with Crippen LogP contribution in [0.5, 0.6) is 0 Å². The lowest BCUT2D eigenvalue weighted by Crippen LogP contribution is -2.31. The van der Waals surface area contributed by atoms with Crippen LogP contribution in [0, 0.1) is 55.4 Å². The predicted molar refractivity (Wildman–Crippen MR) is 154 cm³/mol. The SMILES string of the molecule is CC1=C(C)c2c(C)c(C)c(C)c(C)c2C2(C=Cc3c2ccc2ccoc32)c2c(C)c(C)c(C)c(C)c21. The molecule has 0 radical (unpaired) electrons. The molecule has 0 unspecified atom stereocenters. The lowest BCUT2D eigenvalue weighted by atomic mass is 9.64. The van der Waals surface area contributed by atoms with E-state index in [2.05, 4.69) is 99.6 Å². The smallest absolute Gasteiger partial charge is 0.141 e. The Labute approximate surface area is 215 Å². The molecule has 3 aromatic carbocycles. The highest BCUT2D eigenvalue weighted by atomic mass is 16.3. The van der Waals surface area contributed by atoms with Crippen molar-refractivity contribution in [3.63, 3.8) is 0 Å². The molecule has 1 aromatic heterocycles. The van der Waals surface area contributed by atoms with Gasteiger partial charge in [-0.25, -0.2) is 0 Å². The van der Waals surface area contributed by atoms with Crippen LogP contribution in [0.25, 0.3) is 28.2 Å². The molecule has 36 heavy (non-hydrogen) atoms. The summed E-state index contributed by atoms with van der Waals surface area (Å²) in [6.45, 7) is 23.2. The number of allylic oxidation sites excluding steroid dienone is 3. The van der Waals surface area contributed by atoms with Crippen LogP contribution in [-0.2, 0) is 5.41 Å². The van der Waals surface area contributed by atoms with Gasteiger partial charge in [0.25, 0.3) is 0 Å². The molecule has 0 saturated carbocycles. The van der Waals surface area contributed by atoms with E-state index in [4.69, 9.17) is 4.42 Å². The molecule has 0 bridgehead atoms. The van der Waals surface area contributed by atoms with E-state index in [9.17, 15) is 0 Å². The number of benzene rings is 3. The first-order valence-corrected chi connectivity index (χ1v) is 13.1. The third-order valence-corrected chi connectivity index (χ3v) is 10.1. The molecule has 6 rings (SSSR count). The van der Waals surface area contributed by atoms with Crippen molar-refractivity contribution in [2.24, 2.45) is 0 Å². The molecule has 0 aliphatic heterocycles. The van der Waals surface area contributed by atoms with Gasteiger partial charge in [0.1, 0.15) is 5.58 Å². The molecule has 0 amide bonds. The molecule has 0 saturated heterocycles. The first kappa shape index (κ1) is 23.1. The van der Waals surface area contributed by atoms with Crippen LogP contribution in [0.2, 0.25) is 0 Å². The van der Waals surface area contributed by atoms with Crippen LogP contribution in [-0.4, -0.2) is 0 Å². The van der Waals surface area contributed by atoms with E-state index in [1.807, 2.05) is 6.26 Å². The van der Waals surface area contributed by atoms with E-state index in [-0.39, 0.29) is 5.41 Å². The summed E-state index contributed by atoms with van der Waals surface area (Å²) in [5.74, 6) is 0. The van der Waals surface area contributed by atoms with E-state index in [1.54, 1.807) is 0 Å². The molecule has 4 aromatic rings. The molecular weight excluding hydrogens is 436 g/mol. The Kier molecular flexibility index (Phi) is 4.72. The molecule has 0 atom stereocenters. The quantitative estimate of drug-likeness (QED) is 0.248. The third kappa shape index (κ3) is 2.51. The van der Waals surface area contributed by atoms with Crippen molar-refractivity contribution in [3.05, 3.63) is 108 Å². The van der Waals surface area contributed by atoms with Gasteiger partial charge in [-0.15, -0.1) is 0 Å². The Hall–Kier alpha value is -3.32. The molecule has 0 N–H and O–H groups in total. The summed E-state index contributed by atoms with van der Waals surface area (Å²) in [5.41, 5.74) is 23.0. The molecule has 2 aliphatic rings. The molecule has 1 heterocycles. The fourth-order valence-electron chi connectivity index (χ4n) is 7.35. The highest BCUT2D eigenvalue weighted by molar-refractivity contribution is 6.00. The summed E-state index contributed by atoms with van der Waals surface area (Å²) < 4.78 is 6.08. The van der Waals surface area contributed by atoms with Crippen molar-refractivity contribution in [2.45, 2.75) is 74.7 Å². The Morgan fingerprint density at radius 3 is 1.58 bits per heavy atom. The topological polar surface area (TPSA) is 13.1 Å². The van der Waals surface area contributed by atoms with Crippen LogP contribution < -0.4 is 0 Å². The molecule has 1 spiro atoms. The van der Waals surface area contributed by atoms with Gasteiger partial charge in [-0.2, -0.15) is 0 Å². The molecule has 2 aliphatic carbocycles. The Morgan fingerprint density at radius 2 is 1.06 bits per heavy atom. The molecule has 0 fully saturated rings. The zero-order valence-corrected chi connectivity index (χ0v) is 23.4. The highest BCUT2D eigenvalue weighted by Gasteiger charge is 2.47. The van der Waals surface area contributed by atoms with Crippen molar-refractivity contribution in [1.82, 2.24) is 0 Å². The normalized spacial score (nSPS) is 15.5. The molecule has 1 heteroatoms. The lowest BCUT2D eigenvalue weighted by Gasteiger charge is -2.38. The van der Waals surface area contributed by atoms with Crippen molar-refractivity contribution >= 4 is 28.2 Å². The Bertz CT molecular complexity index is 1630. The predicted octanol–water partition coefficient (Wildman–Crippen LogP) is 9.53. The average molecular weight is 473 g/mol. The van der Waals surface area contributed by atoms with Crippen molar-refractivity contribution in [3.8, 4) is 0 Å². The molecular formula is C35H36O. The second-order valence-corrected chi connectivity index (χ2v) is 11.3. The summed E-state index contributed by atoms with van der Waals surface area (Å²) in [5, 5.41) is 1.16. The summed E-state index contributed by atoms with van der Waals surface area (Å²) in [6.07, 6.45) is 6.64. The number of fused-ring (bicyclic) bond motifs is 8. The van der Waals surface area contributed by atoms with E-state index in [0.29, 0.717) is 0 Å². The first-order chi connectivity index (χ1) is 17.0. The van der Waals surface area contributed by atoms with E-state index in [0.717, 1.165) is 11.0 Å². The zero-order chi connectivity index (χ0) is 25.8. The largest absolute Gasteiger partial charge is 0.464 e. The van der Waals surface area contributed by atoms with E-state index >= 15 is 0 Å². The number of rotatable bonds is 0.